The fraction of sp³-hybridized carbons (Fsp3) is 0.176. The van der Waals surface area contributed by atoms with E-state index in [1.807, 2.05) is 0 Å². The van der Waals surface area contributed by atoms with Crippen molar-refractivity contribution in [2.75, 3.05) is 30.8 Å². The van der Waals surface area contributed by atoms with Gasteiger partial charge in [-0.3, -0.25) is 9.59 Å². The molecule has 0 fully saturated rings. The maximum absolute atomic E-state index is 12.0. The largest absolute Gasteiger partial charge is 0.322 e. The van der Waals surface area contributed by atoms with Gasteiger partial charge in [-0.15, -0.1) is 0 Å². The van der Waals surface area contributed by atoms with Crippen molar-refractivity contribution < 1.29 is 14.5 Å². The van der Waals surface area contributed by atoms with Gasteiger partial charge in [0, 0.05) is 21.4 Å². The van der Waals surface area contributed by atoms with Gasteiger partial charge in [0.15, 0.2) is 13.1 Å². The SMILES string of the molecule is C[NH+](CC(=O)Nc1ccc(Cl)cc1)CC(=O)Nc1ccc(Cl)cc1. The third-order valence-corrected chi connectivity index (χ3v) is 3.68. The maximum Gasteiger partial charge on any atom is 0.279 e. The lowest BCUT2D eigenvalue weighted by molar-refractivity contribution is -0.862. The van der Waals surface area contributed by atoms with Gasteiger partial charge in [-0.05, 0) is 48.5 Å². The number of benzene rings is 2. The minimum Gasteiger partial charge on any atom is -0.322 e. The Bertz CT molecular complexity index is 641. The molecule has 0 heterocycles. The van der Waals surface area contributed by atoms with Gasteiger partial charge in [0.25, 0.3) is 11.8 Å². The molecule has 5 nitrogen and oxygen atoms in total. The summed E-state index contributed by atoms with van der Waals surface area (Å²) in [4.78, 5) is 24.7. The normalized spacial score (nSPS) is 10.5. The Balaban J connectivity index is 1.78. The van der Waals surface area contributed by atoms with Crippen LogP contribution in [0.15, 0.2) is 48.5 Å². The molecule has 0 atom stereocenters. The minimum atomic E-state index is -0.172. The van der Waals surface area contributed by atoms with Gasteiger partial charge in [0.2, 0.25) is 0 Å². The van der Waals surface area contributed by atoms with Crippen molar-refractivity contribution >= 4 is 46.4 Å². The van der Waals surface area contributed by atoms with E-state index in [1.54, 1.807) is 55.6 Å². The van der Waals surface area contributed by atoms with Crippen LogP contribution in [-0.4, -0.2) is 32.0 Å². The second kappa shape index (κ2) is 8.68. The highest BCUT2D eigenvalue weighted by atomic mass is 35.5. The molecule has 7 heteroatoms. The van der Waals surface area contributed by atoms with Crippen LogP contribution >= 0.6 is 23.2 Å². The molecule has 24 heavy (non-hydrogen) atoms. The molecule has 0 unspecified atom stereocenters. The molecule has 0 bridgehead atoms. The first kappa shape index (κ1) is 18.3. The van der Waals surface area contributed by atoms with E-state index in [0.29, 0.717) is 21.4 Å². The monoisotopic (exact) mass is 366 g/mol. The quantitative estimate of drug-likeness (QED) is 0.732. The van der Waals surface area contributed by atoms with Crippen LogP contribution in [0.5, 0.6) is 0 Å². The highest BCUT2D eigenvalue weighted by Crippen LogP contribution is 2.13. The number of rotatable bonds is 6. The number of hydrogen-bond acceptors (Lipinski definition) is 2. The van der Waals surface area contributed by atoms with E-state index < -0.39 is 0 Å². The number of carbonyl (C=O) groups excluding carboxylic acids is 2. The van der Waals surface area contributed by atoms with Gasteiger partial charge >= 0.3 is 0 Å². The molecule has 2 aromatic rings. The molecule has 0 aliphatic carbocycles. The number of halogens is 2. The van der Waals surface area contributed by atoms with Crippen molar-refractivity contribution in [3.05, 3.63) is 58.6 Å². The standard InChI is InChI=1S/C17H17Cl2N3O2/c1-22(10-16(23)20-14-6-2-12(18)3-7-14)11-17(24)21-15-8-4-13(19)5-9-15/h2-9H,10-11H2,1H3,(H,20,23)(H,21,24)/p+1. The lowest BCUT2D eigenvalue weighted by Gasteiger charge is -2.14. The summed E-state index contributed by atoms with van der Waals surface area (Å²) in [5.41, 5.74) is 1.34. The first-order valence-corrected chi connectivity index (χ1v) is 8.10. The summed E-state index contributed by atoms with van der Waals surface area (Å²) in [7, 11) is 1.78. The van der Waals surface area contributed by atoms with Gasteiger partial charge in [0.05, 0.1) is 7.05 Å². The molecule has 3 N–H and O–H groups in total. The summed E-state index contributed by atoms with van der Waals surface area (Å²) >= 11 is 11.6. The van der Waals surface area contributed by atoms with Gasteiger partial charge in [0.1, 0.15) is 0 Å². The second-order valence-corrected chi connectivity index (χ2v) is 6.29. The average molecular weight is 367 g/mol. The van der Waals surface area contributed by atoms with Crippen LogP contribution in [0.2, 0.25) is 10.0 Å². The zero-order chi connectivity index (χ0) is 17.5. The second-order valence-electron chi connectivity index (χ2n) is 5.42. The van der Waals surface area contributed by atoms with E-state index in [-0.39, 0.29) is 24.9 Å². The molecule has 0 spiro atoms. The Morgan fingerprint density at radius 1 is 0.792 bits per heavy atom. The van der Waals surface area contributed by atoms with Crippen LogP contribution in [-0.2, 0) is 9.59 Å². The maximum atomic E-state index is 12.0. The molecular weight excluding hydrogens is 349 g/mol. The number of nitrogens with one attached hydrogen (secondary N) is 3. The first-order valence-electron chi connectivity index (χ1n) is 7.34. The zero-order valence-corrected chi connectivity index (χ0v) is 14.6. The van der Waals surface area contributed by atoms with E-state index in [1.165, 1.54) is 0 Å². The lowest BCUT2D eigenvalue weighted by atomic mass is 10.3. The third-order valence-electron chi connectivity index (χ3n) is 3.18. The Kier molecular flexibility index (Phi) is 6.61. The predicted molar refractivity (Wildman–Crippen MR) is 96.8 cm³/mol. The van der Waals surface area contributed by atoms with Gasteiger partial charge < -0.3 is 15.5 Å². The number of carbonyl (C=O) groups is 2. The smallest absolute Gasteiger partial charge is 0.279 e. The van der Waals surface area contributed by atoms with E-state index in [4.69, 9.17) is 23.2 Å². The van der Waals surface area contributed by atoms with Crippen LogP contribution in [0.4, 0.5) is 11.4 Å². The van der Waals surface area contributed by atoms with E-state index in [9.17, 15) is 9.59 Å². The molecule has 0 saturated carbocycles. The molecular formula is C17H18Cl2N3O2+. The first-order chi connectivity index (χ1) is 11.4. The summed E-state index contributed by atoms with van der Waals surface area (Å²) in [6.07, 6.45) is 0. The summed E-state index contributed by atoms with van der Waals surface area (Å²) in [6, 6.07) is 13.7. The fourth-order valence-electron chi connectivity index (χ4n) is 2.09. The molecule has 0 aliphatic heterocycles. The van der Waals surface area contributed by atoms with E-state index in [2.05, 4.69) is 10.6 Å². The van der Waals surface area contributed by atoms with Gasteiger partial charge in [-0.25, -0.2) is 0 Å². The predicted octanol–water partition coefficient (Wildman–Crippen LogP) is 2.09. The number of anilines is 2. The summed E-state index contributed by atoms with van der Waals surface area (Å²) in [6.45, 7) is 0.354. The van der Waals surface area contributed by atoms with Crippen molar-refractivity contribution in [2.45, 2.75) is 0 Å². The van der Waals surface area contributed by atoms with Crippen molar-refractivity contribution in [1.29, 1.82) is 0 Å². The molecule has 2 amide bonds. The molecule has 2 aromatic carbocycles. The van der Waals surface area contributed by atoms with Crippen LogP contribution in [0.3, 0.4) is 0 Å². The Morgan fingerprint density at radius 2 is 1.12 bits per heavy atom. The summed E-state index contributed by atoms with van der Waals surface area (Å²) < 4.78 is 0. The third kappa shape index (κ3) is 6.20. The van der Waals surface area contributed by atoms with Gasteiger partial charge in [-0.2, -0.15) is 0 Å². The molecule has 0 saturated heterocycles. The topological polar surface area (TPSA) is 62.6 Å². The summed E-state index contributed by atoms with van der Waals surface area (Å²) in [5, 5.41) is 6.74. The van der Waals surface area contributed by atoms with Crippen LogP contribution in [0.25, 0.3) is 0 Å². The highest BCUT2D eigenvalue weighted by Gasteiger charge is 2.14. The molecule has 0 aromatic heterocycles. The zero-order valence-electron chi connectivity index (χ0n) is 13.1. The highest BCUT2D eigenvalue weighted by molar-refractivity contribution is 6.30. The molecule has 0 aliphatic rings. The van der Waals surface area contributed by atoms with E-state index >= 15 is 0 Å². The lowest BCUT2D eigenvalue weighted by Crippen LogP contribution is -3.11. The molecule has 126 valence electrons. The minimum absolute atomic E-state index is 0.172. The fourth-order valence-corrected chi connectivity index (χ4v) is 2.34. The molecule has 2 rings (SSSR count). The van der Waals surface area contributed by atoms with Crippen molar-refractivity contribution in [3.8, 4) is 0 Å². The Hall–Kier alpha value is -2.08. The van der Waals surface area contributed by atoms with Crippen molar-refractivity contribution in [2.24, 2.45) is 0 Å². The average Bonchev–Trinajstić information content (AvgIpc) is 2.51. The van der Waals surface area contributed by atoms with Crippen LogP contribution in [0.1, 0.15) is 0 Å². The Labute approximate surface area is 150 Å². The number of likely N-dealkylation sites (N-methyl/N-ethyl adjacent to an activating group) is 1. The number of quaternary nitrogens is 1. The van der Waals surface area contributed by atoms with Crippen molar-refractivity contribution in [3.63, 3.8) is 0 Å². The number of amides is 2. The van der Waals surface area contributed by atoms with Crippen molar-refractivity contribution in [1.82, 2.24) is 0 Å². The van der Waals surface area contributed by atoms with E-state index in [0.717, 1.165) is 4.90 Å². The van der Waals surface area contributed by atoms with Gasteiger partial charge in [-0.1, -0.05) is 23.2 Å². The summed E-state index contributed by atoms with van der Waals surface area (Å²) in [5.74, 6) is -0.344. The van der Waals surface area contributed by atoms with Crippen LogP contribution in [0, 0.1) is 0 Å². The molecule has 0 radical (unpaired) electrons. The number of hydrogen-bond donors (Lipinski definition) is 3. The Morgan fingerprint density at radius 3 is 1.46 bits per heavy atom. The van der Waals surface area contributed by atoms with Crippen LogP contribution < -0.4 is 15.5 Å².